The number of nitrogens with zero attached hydrogens (tertiary/aromatic N) is 3. The second-order valence-electron chi connectivity index (χ2n) is 6.19. The van der Waals surface area contributed by atoms with Crippen LogP contribution in [0.25, 0.3) is 0 Å². The molecule has 0 aromatic heterocycles. The number of hydrogen-bond acceptors (Lipinski definition) is 4. The van der Waals surface area contributed by atoms with E-state index in [2.05, 4.69) is 30.9 Å². The van der Waals surface area contributed by atoms with Crippen LogP contribution in [0, 0.1) is 10.1 Å². The molecule has 0 unspecified atom stereocenters. The number of halogens is 1. The van der Waals surface area contributed by atoms with Crippen LogP contribution in [0.15, 0.2) is 18.2 Å². The molecule has 1 aliphatic carbocycles. The zero-order valence-corrected chi connectivity index (χ0v) is 13.6. The summed E-state index contributed by atoms with van der Waals surface area (Å²) in [4.78, 5) is 15.0. The van der Waals surface area contributed by atoms with E-state index < -0.39 is 4.92 Å². The maximum atomic E-state index is 10.9. The van der Waals surface area contributed by atoms with Crippen molar-refractivity contribution in [3.63, 3.8) is 0 Å². The monoisotopic (exact) mass is 311 g/mol. The van der Waals surface area contributed by atoms with Crippen molar-refractivity contribution in [2.24, 2.45) is 0 Å². The lowest BCUT2D eigenvalue weighted by Crippen LogP contribution is -2.56. The third kappa shape index (κ3) is 3.54. The minimum absolute atomic E-state index is 0.0199. The summed E-state index contributed by atoms with van der Waals surface area (Å²) in [5, 5.41) is 11.1. The standard InChI is InChI=1S/C15H22ClN3O2/c1-17(2)15(7-4-8-15)11-18(3)10-12-5-6-13(16)14(9-12)19(20)21/h5-6,9H,4,7-8,10-11H2,1-3H3. The summed E-state index contributed by atoms with van der Waals surface area (Å²) >= 11 is 5.85. The number of nitro groups is 1. The first kappa shape index (κ1) is 16.2. The van der Waals surface area contributed by atoms with Crippen molar-refractivity contribution in [2.75, 3.05) is 27.7 Å². The van der Waals surface area contributed by atoms with Gasteiger partial charge in [0.2, 0.25) is 0 Å². The molecule has 0 heterocycles. The molecule has 0 saturated heterocycles. The summed E-state index contributed by atoms with van der Waals surface area (Å²) in [7, 11) is 6.31. The van der Waals surface area contributed by atoms with Crippen LogP contribution in [-0.4, -0.2) is 47.9 Å². The van der Waals surface area contributed by atoms with Gasteiger partial charge in [0.15, 0.2) is 0 Å². The van der Waals surface area contributed by atoms with E-state index in [9.17, 15) is 10.1 Å². The summed E-state index contributed by atoms with van der Waals surface area (Å²) in [6, 6.07) is 5.03. The smallest absolute Gasteiger partial charge is 0.288 e. The van der Waals surface area contributed by atoms with Crippen molar-refractivity contribution in [2.45, 2.75) is 31.3 Å². The summed E-state index contributed by atoms with van der Waals surface area (Å²) in [6.07, 6.45) is 3.70. The molecule has 0 atom stereocenters. The molecule has 0 bridgehead atoms. The fourth-order valence-electron chi connectivity index (χ4n) is 3.00. The molecule has 5 nitrogen and oxygen atoms in total. The first-order valence-electron chi connectivity index (χ1n) is 7.13. The van der Waals surface area contributed by atoms with Gasteiger partial charge in [0, 0.05) is 24.7 Å². The summed E-state index contributed by atoms with van der Waals surface area (Å²) < 4.78 is 0. The van der Waals surface area contributed by atoms with Crippen LogP contribution >= 0.6 is 11.6 Å². The Morgan fingerprint density at radius 3 is 2.48 bits per heavy atom. The molecule has 1 fully saturated rings. The molecule has 2 rings (SSSR count). The number of rotatable bonds is 6. The number of likely N-dealkylation sites (N-methyl/N-ethyl adjacent to an activating group) is 2. The van der Waals surface area contributed by atoms with Gasteiger partial charge in [-0.3, -0.25) is 10.1 Å². The number of benzene rings is 1. The van der Waals surface area contributed by atoms with Gasteiger partial charge < -0.3 is 9.80 Å². The molecule has 6 heteroatoms. The summed E-state index contributed by atoms with van der Waals surface area (Å²) in [6.45, 7) is 1.66. The second kappa shape index (κ2) is 6.30. The van der Waals surface area contributed by atoms with Gasteiger partial charge in [-0.1, -0.05) is 17.7 Å². The van der Waals surface area contributed by atoms with Gasteiger partial charge in [-0.25, -0.2) is 0 Å². The average Bonchev–Trinajstić information content (AvgIpc) is 2.35. The molecule has 1 aliphatic rings. The van der Waals surface area contributed by atoms with Crippen LogP contribution < -0.4 is 0 Å². The van der Waals surface area contributed by atoms with Crippen molar-refractivity contribution >= 4 is 17.3 Å². The van der Waals surface area contributed by atoms with Crippen LogP contribution in [0.3, 0.4) is 0 Å². The Balaban J connectivity index is 2.04. The predicted molar refractivity (Wildman–Crippen MR) is 84.7 cm³/mol. The van der Waals surface area contributed by atoms with Gasteiger partial charge in [0.05, 0.1) is 4.92 Å². The van der Waals surface area contributed by atoms with E-state index in [0.29, 0.717) is 6.54 Å². The minimum Gasteiger partial charge on any atom is -0.302 e. The molecule has 116 valence electrons. The normalized spacial score (nSPS) is 17.0. The molecular weight excluding hydrogens is 290 g/mol. The highest BCUT2D eigenvalue weighted by atomic mass is 35.5. The zero-order chi connectivity index (χ0) is 15.6. The molecule has 0 aliphatic heterocycles. The number of nitro benzene ring substituents is 1. The molecule has 0 radical (unpaired) electrons. The van der Waals surface area contributed by atoms with E-state index in [-0.39, 0.29) is 16.2 Å². The van der Waals surface area contributed by atoms with E-state index in [4.69, 9.17) is 11.6 Å². The Bertz CT molecular complexity index is 530. The quantitative estimate of drug-likeness (QED) is 0.598. The topological polar surface area (TPSA) is 49.6 Å². The van der Waals surface area contributed by atoms with Crippen LogP contribution in [0.4, 0.5) is 5.69 Å². The molecule has 21 heavy (non-hydrogen) atoms. The lowest BCUT2D eigenvalue weighted by molar-refractivity contribution is -0.384. The van der Waals surface area contributed by atoms with Crippen molar-refractivity contribution in [3.05, 3.63) is 38.9 Å². The molecule has 1 saturated carbocycles. The summed E-state index contributed by atoms with van der Waals surface area (Å²) in [5.41, 5.74) is 1.16. The predicted octanol–water partition coefficient (Wildman–Crippen LogP) is 3.16. The summed E-state index contributed by atoms with van der Waals surface area (Å²) in [5.74, 6) is 0. The van der Waals surface area contributed by atoms with Gasteiger partial charge in [0.1, 0.15) is 5.02 Å². The first-order valence-corrected chi connectivity index (χ1v) is 7.51. The lowest BCUT2D eigenvalue weighted by atomic mass is 9.75. The average molecular weight is 312 g/mol. The van der Waals surface area contributed by atoms with E-state index in [1.807, 2.05) is 6.07 Å². The second-order valence-corrected chi connectivity index (χ2v) is 6.59. The maximum Gasteiger partial charge on any atom is 0.288 e. The van der Waals surface area contributed by atoms with Crippen molar-refractivity contribution in [1.82, 2.24) is 9.80 Å². The first-order chi connectivity index (χ1) is 9.84. The van der Waals surface area contributed by atoms with E-state index in [0.717, 1.165) is 12.1 Å². The zero-order valence-electron chi connectivity index (χ0n) is 12.8. The highest BCUT2D eigenvalue weighted by molar-refractivity contribution is 6.32. The number of hydrogen-bond donors (Lipinski definition) is 0. The Hall–Kier alpha value is -1.17. The van der Waals surface area contributed by atoms with Gasteiger partial charge in [-0.05, 0) is 52.0 Å². The van der Waals surface area contributed by atoms with Crippen LogP contribution in [0.5, 0.6) is 0 Å². The minimum atomic E-state index is -0.431. The van der Waals surface area contributed by atoms with Gasteiger partial charge in [-0.2, -0.15) is 0 Å². The molecular formula is C15H22ClN3O2. The Morgan fingerprint density at radius 1 is 1.33 bits per heavy atom. The van der Waals surface area contributed by atoms with Gasteiger partial charge in [-0.15, -0.1) is 0 Å². The highest BCUT2D eigenvalue weighted by Crippen LogP contribution is 2.37. The Labute approximate surface area is 130 Å². The van der Waals surface area contributed by atoms with Crippen LogP contribution in [-0.2, 0) is 6.54 Å². The van der Waals surface area contributed by atoms with Crippen molar-refractivity contribution in [3.8, 4) is 0 Å². The van der Waals surface area contributed by atoms with Crippen molar-refractivity contribution < 1.29 is 4.92 Å². The highest BCUT2D eigenvalue weighted by Gasteiger charge is 2.39. The molecule has 0 spiro atoms. The van der Waals surface area contributed by atoms with Crippen molar-refractivity contribution in [1.29, 1.82) is 0 Å². The van der Waals surface area contributed by atoms with Crippen LogP contribution in [0.1, 0.15) is 24.8 Å². The third-order valence-electron chi connectivity index (χ3n) is 4.46. The molecule has 0 N–H and O–H groups in total. The largest absolute Gasteiger partial charge is 0.302 e. The van der Waals surface area contributed by atoms with Gasteiger partial charge >= 0.3 is 0 Å². The lowest BCUT2D eigenvalue weighted by Gasteiger charge is -2.49. The van der Waals surface area contributed by atoms with E-state index in [1.165, 1.54) is 19.3 Å². The Morgan fingerprint density at radius 2 is 2.00 bits per heavy atom. The molecule has 0 amide bonds. The van der Waals surface area contributed by atoms with Crippen LogP contribution in [0.2, 0.25) is 5.02 Å². The maximum absolute atomic E-state index is 10.9. The SMILES string of the molecule is CN(Cc1ccc(Cl)c([N+](=O)[O-])c1)CC1(N(C)C)CCC1. The third-order valence-corrected chi connectivity index (χ3v) is 4.78. The fraction of sp³-hybridized carbons (Fsp3) is 0.600. The van der Waals surface area contributed by atoms with E-state index >= 15 is 0 Å². The Kier molecular flexibility index (Phi) is 4.86. The fourth-order valence-corrected chi connectivity index (χ4v) is 3.18. The van der Waals surface area contributed by atoms with Gasteiger partial charge in [0.25, 0.3) is 5.69 Å². The molecule has 1 aromatic rings. The molecule has 1 aromatic carbocycles. The van der Waals surface area contributed by atoms with E-state index in [1.54, 1.807) is 12.1 Å².